The first-order valence-electron chi connectivity index (χ1n) is 5.35. The van der Waals surface area contributed by atoms with Gasteiger partial charge in [0.25, 0.3) is 0 Å². The van der Waals surface area contributed by atoms with Crippen molar-refractivity contribution in [3.63, 3.8) is 0 Å². The van der Waals surface area contributed by atoms with E-state index in [-0.39, 0.29) is 18.4 Å². The van der Waals surface area contributed by atoms with Gasteiger partial charge in [0.1, 0.15) is 6.61 Å². The third-order valence-electron chi connectivity index (χ3n) is 2.13. The number of nitrogens with one attached hydrogen (secondary N) is 1. The Balaban J connectivity index is 1.99. The maximum absolute atomic E-state index is 13.3. The van der Waals surface area contributed by atoms with E-state index in [9.17, 15) is 4.39 Å². The Morgan fingerprint density at radius 3 is 3.18 bits per heavy atom. The van der Waals surface area contributed by atoms with E-state index >= 15 is 0 Å². The quantitative estimate of drug-likeness (QED) is 0.466. The first-order chi connectivity index (χ1) is 8.29. The highest BCUT2D eigenvalue weighted by molar-refractivity contribution is 5.64. The number of aromatic nitrogens is 2. The molecule has 1 heterocycles. The second kappa shape index (κ2) is 5.38. The monoisotopic (exact) mass is 236 g/mol. The van der Waals surface area contributed by atoms with Gasteiger partial charge in [0.15, 0.2) is 11.6 Å². The zero-order valence-electron chi connectivity index (χ0n) is 9.27. The summed E-state index contributed by atoms with van der Waals surface area (Å²) < 4.78 is 18.4. The highest BCUT2D eigenvalue weighted by atomic mass is 19.1. The molecule has 1 aromatic rings. The van der Waals surface area contributed by atoms with Crippen molar-refractivity contribution in [1.82, 2.24) is 9.97 Å². The molecule has 1 aromatic heterocycles. The lowest BCUT2D eigenvalue weighted by Crippen LogP contribution is -2.03. The zero-order chi connectivity index (χ0) is 12.1. The Kier molecular flexibility index (Phi) is 3.64. The predicted molar refractivity (Wildman–Crippen MR) is 62.5 cm³/mol. The van der Waals surface area contributed by atoms with Crippen molar-refractivity contribution in [2.24, 2.45) is 11.0 Å². The first kappa shape index (κ1) is 11.5. The number of hydrazone groups is 1. The van der Waals surface area contributed by atoms with Crippen molar-refractivity contribution in [1.29, 1.82) is 0 Å². The molecule has 17 heavy (non-hydrogen) atoms. The summed E-state index contributed by atoms with van der Waals surface area (Å²) in [5.74, 6) is -0.0382. The maximum Gasteiger partial charge on any atom is 0.318 e. The molecule has 1 saturated carbocycles. The largest absolute Gasteiger partial charge is 0.459 e. The van der Waals surface area contributed by atoms with Crippen molar-refractivity contribution in [2.75, 3.05) is 12.0 Å². The van der Waals surface area contributed by atoms with Gasteiger partial charge in [-0.1, -0.05) is 12.7 Å². The molecule has 0 saturated heterocycles. The van der Waals surface area contributed by atoms with E-state index in [0.29, 0.717) is 5.92 Å². The standard InChI is InChI=1S/C11H13FN4O/c1-2-5-17-11-13-7-9(12)10(15-11)16-14-6-8-3-4-8/h2,6-8H,1,3-5H2,(H,13,15,16)/b14-6+. The van der Waals surface area contributed by atoms with Crippen LogP contribution in [0.15, 0.2) is 24.0 Å². The van der Waals surface area contributed by atoms with E-state index < -0.39 is 5.82 Å². The van der Waals surface area contributed by atoms with Crippen LogP contribution in [0.1, 0.15) is 12.8 Å². The van der Waals surface area contributed by atoms with Gasteiger partial charge in [-0.3, -0.25) is 5.43 Å². The van der Waals surface area contributed by atoms with Gasteiger partial charge >= 0.3 is 6.01 Å². The molecule has 90 valence electrons. The van der Waals surface area contributed by atoms with Crippen LogP contribution >= 0.6 is 0 Å². The molecule has 5 nitrogen and oxygen atoms in total. The minimum absolute atomic E-state index is 0.0102. The average molecular weight is 236 g/mol. The van der Waals surface area contributed by atoms with Gasteiger partial charge in [0.05, 0.1) is 6.20 Å². The van der Waals surface area contributed by atoms with E-state index in [0.717, 1.165) is 19.0 Å². The fraction of sp³-hybridized carbons (Fsp3) is 0.364. The van der Waals surface area contributed by atoms with E-state index in [1.807, 2.05) is 0 Å². The lowest BCUT2D eigenvalue weighted by Gasteiger charge is -2.04. The number of hydrogen-bond acceptors (Lipinski definition) is 5. The molecule has 0 amide bonds. The molecule has 2 rings (SSSR count). The number of ether oxygens (including phenoxy) is 1. The molecule has 1 aliphatic rings. The molecule has 0 bridgehead atoms. The molecular formula is C11H13FN4O. The summed E-state index contributed by atoms with van der Waals surface area (Å²) in [6.45, 7) is 3.77. The van der Waals surface area contributed by atoms with Gasteiger partial charge in [-0.2, -0.15) is 10.1 Å². The smallest absolute Gasteiger partial charge is 0.318 e. The van der Waals surface area contributed by atoms with Crippen LogP contribution in [0.25, 0.3) is 0 Å². The van der Waals surface area contributed by atoms with Crippen LogP contribution < -0.4 is 10.2 Å². The number of halogens is 1. The molecule has 0 aliphatic heterocycles. The number of hydrogen-bond donors (Lipinski definition) is 1. The summed E-state index contributed by atoms with van der Waals surface area (Å²) in [6.07, 6.45) is 6.65. The fourth-order valence-corrected chi connectivity index (χ4v) is 1.08. The third-order valence-corrected chi connectivity index (χ3v) is 2.13. The summed E-state index contributed by atoms with van der Waals surface area (Å²) in [7, 11) is 0. The Labute approximate surface area is 98.4 Å². The molecule has 0 aromatic carbocycles. The molecule has 1 N–H and O–H groups in total. The second-order valence-electron chi connectivity index (χ2n) is 3.68. The number of rotatable bonds is 6. The minimum Gasteiger partial charge on any atom is -0.459 e. The van der Waals surface area contributed by atoms with Gasteiger partial charge in [-0.05, 0) is 18.8 Å². The SMILES string of the molecule is C=CCOc1ncc(F)c(N/N=C/C2CC2)n1. The molecule has 0 radical (unpaired) electrons. The number of nitrogens with zero attached hydrogens (tertiary/aromatic N) is 3. The zero-order valence-corrected chi connectivity index (χ0v) is 9.27. The van der Waals surface area contributed by atoms with Gasteiger partial charge in [0, 0.05) is 6.21 Å². The van der Waals surface area contributed by atoms with Crippen molar-refractivity contribution in [3.05, 3.63) is 24.7 Å². The second-order valence-corrected chi connectivity index (χ2v) is 3.68. The van der Waals surface area contributed by atoms with Crippen molar-refractivity contribution in [2.45, 2.75) is 12.8 Å². The van der Waals surface area contributed by atoms with Crippen LogP contribution in [0.4, 0.5) is 10.2 Å². The van der Waals surface area contributed by atoms with Gasteiger partial charge in [0.2, 0.25) is 0 Å². The fourth-order valence-electron chi connectivity index (χ4n) is 1.08. The topological polar surface area (TPSA) is 59.4 Å². The lowest BCUT2D eigenvalue weighted by molar-refractivity contribution is 0.332. The Bertz CT molecular complexity index is 431. The van der Waals surface area contributed by atoms with Crippen LogP contribution in [-0.4, -0.2) is 22.8 Å². The van der Waals surface area contributed by atoms with Crippen LogP contribution in [0.5, 0.6) is 6.01 Å². The lowest BCUT2D eigenvalue weighted by atomic mass is 10.5. The third kappa shape index (κ3) is 3.51. The summed E-state index contributed by atoms with van der Waals surface area (Å²) in [5, 5.41) is 3.90. The van der Waals surface area contributed by atoms with Crippen molar-refractivity contribution >= 4 is 12.0 Å². The summed E-state index contributed by atoms with van der Waals surface area (Å²) in [6, 6.07) is 0.0930. The Hall–Kier alpha value is -1.98. The number of anilines is 1. The van der Waals surface area contributed by atoms with Crippen LogP contribution in [0, 0.1) is 11.7 Å². The van der Waals surface area contributed by atoms with Crippen molar-refractivity contribution in [3.8, 4) is 6.01 Å². The van der Waals surface area contributed by atoms with Crippen LogP contribution in [0.2, 0.25) is 0 Å². The van der Waals surface area contributed by atoms with Gasteiger partial charge in [-0.15, -0.1) is 0 Å². The Morgan fingerprint density at radius 2 is 2.47 bits per heavy atom. The molecular weight excluding hydrogens is 223 g/mol. The van der Waals surface area contributed by atoms with Crippen LogP contribution in [-0.2, 0) is 0 Å². The highest BCUT2D eigenvalue weighted by Gasteiger charge is 2.18. The molecule has 0 unspecified atom stereocenters. The highest BCUT2D eigenvalue weighted by Crippen LogP contribution is 2.26. The molecule has 0 spiro atoms. The van der Waals surface area contributed by atoms with Crippen LogP contribution in [0.3, 0.4) is 0 Å². The Morgan fingerprint density at radius 1 is 1.65 bits per heavy atom. The molecule has 6 heteroatoms. The van der Waals surface area contributed by atoms with E-state index in [1.54, 1.807) is 12.3 Å². The molecule has 1 fully saturated rings. The van der Waals surface area contributed by atoms with E-state index in [4.69, 9.17) is 4.74 Å². The van der Waals surface area contributed by atoms with Crippen molar-refractivity contribution < 1.29 is 9.13 Å². The normalized spacial score (nSPS) is 14.9. The first-order valence-corrected chi connectivity index (χ1v) is 5.35. The predicted octanol–water partition coefficient (Wildman–Crippen LogP) is 1.99. The minimum atomic E-state index is -0.566. The summed E-state index contributed by atoms with van der Waals surface area (Å²) in [4.78, 5) is 7.53. The van der Waals surface area contributed by atoms with Gasteiger partial charge < -0.3 is 4.74 Å². The van der Waals surface area contributed by atoms with E-state index in [1.165, 1.54) is 0 Å². The molecule has 0 atom stereocenters. The summed E-state index contributed by atoms with van der Waals surface area (Å²) in [5.41, 5.74) is 2.54. The summed E-state index contributed by atoms with van der Waals surface area (Å²) >= 11 is 0. The van der Waals surface area contributed by atoms with Gasteiger partial charge in [-0.25, -0.2) is 9.37 Å². The maximum atomic E-state index is 13.3. The average Bonchev–Trinajstić information content (AvgIpc) is 3.14. The molecule has 1 aliphatic carbocycles. The van der Waals surface area contributed by atoms with E-state index in [2.05, 4.69) is 27.1 Å².